The van der Waals surface area contributed by atoms with Crippen LogP contribution in [0.5, 0.6) is 0 Å². The number of hydrogen-bond donors (Lipinski definition) is 0. The summed E-state index contributed by atoms with van der Waals surface area (Å²) in [6.07, 6.45) is 10.5. The number of morpholine rings is 1. The van der Waals surface area contributed by atoms with Crippen molar-refractivity contribution in [1.29, 1.82) is 0 Å². The Morgan fingerprint density at radius 3 is 2.95 bits per heavy atom. The summed E-state index contributed by atoms with van der Waals surface area (Å²) in [5.74, 6) is 0. The zero-order valence-electron chi connectivity index (χ0n) is 11.5. The zero-order chi connectivity index (χ0) is 14.2. The van der Waals surface area contributed by atoms with E-state index in [-0.39, 0.29) is 6.03 Å². The van der Waals surface area contributed by atoms with Crippen LogP contribution in [-0.4, -0.2) is 53.2 Å². The maximum absolute atomic E-state index is 12.1. The van der Waals surface area contributed by atoms with Gasteiger partial charge < -0.3 is 9.64 Å². The highest BCUT2D eigenvalue weighted by Crippen LogP contribution is 2.04. The fourth-order valence-corrected chi connectivity index (χ4v) is 1.77. The van der Waals surface area contributed by atoms with Gasteiger partial charge in [-0.05, 0) is 25.1 Å². The number of amides is 1. The molecule has 1 amide bonds. The van der Waals surface area contributed by atoms with Crippen LogP contribution in [0.2, 0.25) is 0 Å². The molecule has 0 saturated carbocycles. The van der Waals surface area contributed by atoms with Gasteiger partial charge >= 0.3 is 6.03 Å². The zero-order valence-corrected chi connectivity index (χ0v) is 11.5. The van der Waals surface area contributed by atoms with Crippen LogP contribution in [0.3, 0.4) is 0 Å². The monoisotopic (exact) mass is 274 g/mol. The number of rotatable bonds is 3. The first-order valence-electron chi connectivity index (χ1n) is 6.55. The van der Waals surface area contributed by atoms with E-state index in [0.29, 0.717) is 26.3 Å². The van der Waals surface area contributed by atoms with E-state index in [2.05, 4.69) is 10.1 Å². The predicted octanol–water partition coefficient (Wildman–Crippen LogP) is 1.80. The number of nitrogens with zero attached hydrogens (tertiary/aromatic N) is 4. The van der Waals surface area contributed by atoms with Gasteiger partial charge in [0, 0.05) is 31.7 Å². The van der Waals surface area contributed by atoms with E-state index in [1.165, 1.54) is 4.68 Å². The van der Waals surface area contributed by atoms with Crippen LogP contribution in [0, 0.1) is 0 Å². The van der Waals surface area contributed by atoms with E-state index < -0.39 is 0 Å². The highest BCUT2D eigenvalue weighted by molar-refractivity contribution is 5.76. The molecule has 2 heterocycles. The van der Waals surface area contributed by atoms with E-state index >= 15 is 0 Å². The van der Waals surface area contributed by atoms with Crippen molar-refractivity contribution in [2.75, 3.05) is 26.3 Å². The van der Waals surface area contributed by atoms with Gasteiger partial charge in [0.05, 0.1) is 18.9 Å². The molecule has 0 spiro atoms. The molecule has 1 fully saturated rings. The SMILES string of the molecule is CC=N/C=C\C=C\c1ccn(C(=O)N2CCOCC2)n1. The van der Waals surface area contributed by atoms with Gasteiger partial charge in [0.15, 0.2) is 0 Å². The minimum absolute atomic E-state index is 0.112. The molecule has 1 aliphatic heterocycles. The van der Waals surface area contributed by atoms with E-state index in [1.807, 2.05) is 25.2 Å². The molecule has 106 valence electrons. The number of carbonyl (C=O) groups is 1. The second-order valence-electron chi connectivity index (χ2n) is 4.18. The maximum atomic E-state index is 12.1. The molecule has 0 N–H and O–H groups in total. The molecule has 0 bridgehead atoms. The fourth-order valence-electron chi connectivity index (χ4n) is 1.77. The molecule has 20 heavy (non-hydrogen) atoms. The summed E-state index contributed by atoms with van der Waals surface area (Å²) in [6, 6.07) is 1.69. The Labute approximate surface area is 118 Å². The Bertz CT molecular complexity index is 525. The summed E-state index contributed by atoms with van der Waals surface area (Å²) in [4.78, 5) is 17.8. The third-order valence-electron chi connectivity index (χ3n) is 2.79. The first-order valence-corrected chi connectivity index (χ1v) is 6.55. The third kappa shape index (κ3) is 3.89. The molecule has 0 aliphatic carbocycles. The summed E-state index contributed by atoms with van der Waals surface area (Å²) in [6.45, 7) is 4.25. The lowest BCUT2D eigenvalue weighted by Crippen LogP contribution is -2.43. The lowest BCUT2D eigenvalue weighted by molar-refractivity contribution is 0.0528. The van der Waals surface area contributed by atoms with Crippen LogP contribution in [0.25, 0.3) is 6.08 Å². The van der Waals surface area contributed by atoms with Crippen molar-refractivity contribution in [3.63, 3.8) is 0 Å². The van der Waals surface area contributed by atoms with Gasteiger partial charge in [-0.2, -0.15) is 9.78 Å². The summed E-state index contributed by atoms with van der Waals surface area (Å²) in [5, 5.41) is 4.23. The predicted molar refractivity (Wildman–Crippen MR) is 77.8 cm³/mol. The minimum atomic E-state index is -0.112. The van der Waals surface area contributed by atoms with Gasteiger partial charge in [-0.25, -0.2) is 4.79 Å². The van der Waals surface area contributed by atoms with Crippen molar-refractivity contribution in [1.82, 2.24) is 14.7 Å². The Kier molecular flexibility index (Phi) is 5.25. The quantitative estimate of drug-likeness (QED) is 0.624. The number of ether oxygens (including phenoxy) is 1. The van der Waals surface area contributed by atoms with E-state index in [1.54, 1.807) is 29.6 Å². The van der Waals surface area contributed by atoms with Gasteiger partial charge in [0.1, 0.15) is 0 Å². The molecule has 0 unspecified atom stereocenters. The smallest absolute Gasteiger partial charge is 0.344 e. The summed E-state index contributed by atoms with van der Waals surface area (Å²) < 4.78 is 6.58. The molecule has 0 radical (unpaired) electrons. The molecule has 0 aromatic carbocycles. The third-order valence-corrected chi connectivity index (χ3v) is 2.79. The summed E-state index contributed by atoms with van der Waals surface area (Å²) in [7, 11) is 0. The lowest BCUT2D eigenvalue weighted by Gasteiger charge is -2.26. The van der Waals surface area contributed by atoms with Crippen LogP contribution in [0.4, 0.5) is 4.79 Å². The average molecular weight is 274 g/mol. The van der Waals surface area contributed by atoms with Gasteiger partial charge in [0.2, 0.25) is 0 Å². The molecule has 1 saturated heterocycles. The van der Waals surface area contributed by atoms with E-state index in [0.717, 1.165) is 5.69 Å². The molecule has 1 aromatic heterocycles. The van der Waals surface area contributed by atoms with Crippen LogP contribution < -0.4 is 0 Å². The van der Waals surface area contributed by atoms with Gasteiger partial charge in [0.25, 0.3) is 0 Å². The molecular formula is C14H18N4O2. The molecular weight excluding hydrogens is 256 g/mol. The highest BCUT2D eigenvalue weighted by Gasteiger charge is 2.18. The Hall–Kier alpha value is -2.21. The standard InChI is InChI=1S/C14H18N4O2/c1-2-15-7-4-3-5-13-6-8-18(16-13)14(19)17-9-11-20-12-10-17/h2-8H,9-12H2,1H3/b5-3+,7-4-,15-2?. The number of carbonyl (C=O) groups excluding carboxylic acids is 1. The fraction of sp³-hybridized carbons (Fsp3) is 0.357. The van der Waals surface area contributed by atoms with Gasteiger partial charge in [-0.3, -0.25) is 4.99 Å². The molecule has 2 rings (SSSR count). The summed E-state index contributed by atoms with van der Waals surface area (Å²) >= 11 is 0. The number of hydrogen-bond acceptors (Lipinski definition) is 4. The van der Waals surface area contributed by atoms with Crippen LogP contribution in [-0.2, 0) is 4.74 Å². The van der Waals surface area contributed by atoms with Gasteiger partial charge in [-0.15, -0.1) is 0 Å². The number of aromatic nitrogens is 2. The molecule has 1 aliphatic rings. The number of allylic oxidation sites excluding steroid dienone is 2. The second kappa shape index (κ2) is 7.40. The average Bonchev–Trinajstić information content (AvgIpc) is 2.96. The van der Waals surface area contributed by atoms with Crippen molar-refractivity contribution in [3.05, 3.63) is 36.3 Å². The van der Waals surface area contributed by atoms with Crippen LogP contribution in [0.1, 0.15) is 12.6 Å². The van der Waals surface area contributed by atoms with Crippen molar-refractivity contribution in [2.24, 2.45) is 4.99 Å². The lowest BCUT2D eigenvalue weighted by atomic mass is 10.4. The largest absolute Gasteiger partial charge is 0.378 e. The summed E-state index contributed by atoms with van der Waals surface area (Å²) in [5.41, 5.74) is 0.733. The van der Waals surface area contributed by atoms with Crippen LogP contribution in [0.15, 0.2) is 35.6 Å². The van der Waals surface area contributed by atoms with Crippen molar-refractivity contribution in [3.8, 4) is 0 Å². The van der Waals surface area contributed by atoms with Gasteiger partial charge in [-0.1, -0.05) is 6.08 Å². The van der Waals surface area contributed by atoms with E-state index in [9.17, 15) is 4.79 Å². The topological polar surface area (TPSA) is 59.7 Å². The highest BCUT2D eigenvalue weighted by atomic mass is 16.5. The van der Waals surface area contributed by atoms with Crippen molar-refractivity contribution >= 4 is 18.3 Å². The molecule has 6 nitrogen and oxygen atoms in total. The Morgan fingerprint density at radius 2 is 2.20 bits per heavy atom. The number of aliphatic imine (C=N–C) groups is 1. The minimum Gasteiger partial charge on any atom is -0.378 e. The first-order chi connectivity index (χ1) is 9.81. The molecule has 0 atom stereocenters. The second-order valence-corrected chi connectivity index (χ2v) is 4.18. The van der Waals surface area contributed by atoms with Crippen LogP contribution >= 0.6 is 0 Å². The maximum Gasteiger partial charge on any atom is 0.344 e. The molecule has 6 heteroatoms. The molecule has 1 aromatic rings. The Balaban J connectivity index is 1.95. The van der Waals surface area contributed by atoms with Crippen molar-refractivity contribution < 1.29 is 9.53 Å². The first kappa shape index (κ1) is 14.2. The Morgan fingerprint density at radius 1 is 1.40 bits per heavy atom. The van der Waals surface area contributed by atoms with E-state index in [4.69, 9.17) is 4.74 Å². The van der Waals surface area contributed by atoms with Crippen molar-refractivity contribution in [2.45, 2.75) is 6.92 Å². The normalized spacial score (nSPS) is 16.8.